The second kappa shape index (κ2) is 5.58. The Kier molecular flexibility index (Phi) is 3.81. The van der Waals surface area contributed by atoms with E-state index in [1.165, 1.54) is 0 Å². The van der Waals surface area contributed by atoms with Crippen LogP contribution in [0.25, 0.3) is 0 Å². The first kappa shape index (κ1) is 13.6. The van der Waals surface area contributed by atoms with Crippen LogP contribution >= 0.6 is 0 Å². The smallest absolute Gasteiger partial charge is 0.252 e. The van der Waals surface area contributed by atoms with Crippen LogP contribution in [0.5, 0.6) is 0 Å². The van der Waals surface area contributed by atoms with Crippen molar-refractivity contribution in [2.45, 2.75) is 57.4 Å². The maximum Gasteiger partial charge on any atom is 0.252 e. The summed E-state index contributed by atoms with van der Waals surface area (Å²) in [5.74, 6) is 1.82. The molecule has 5 heteroatoms. The molecular formula is C15H22N2O3. The van der Waals surface area contributed by atoms with E-state index in [9.17, 15) is 4.79 Å². The molecule has 5 nitrogen and oxygen atoms in total. The van der Waals surface area contributed by atoms with Crippen LogP contribution in [0.4, 0.5) is 0 Å². The lowest BCUT2D eigenvalue weighted by Gasteiger charge is -2.24. The zero-order valence-corrected chi connectivity index (χ0v) is 11.9. The molecule has 0 radical (unpaired) electrons. The quantitative estimate of drug-likeness (QED) is 0.888. The molecule has 2 heterocycles. The van der Waals surface area contributed by atoms with E-state index < -0.39 is 0 Å². The monoisotopic (exact) mass is 278 g/mol. The highest BCUT2D eigenvalue weighted by atomic mass is 16.5. The van der Waals surface area contributed by atoms with Gasteiger partial charge in [0.1, 0.15) is 17.6 Å². The first-order chi connectivity index (χ1) is 9.67. The molecule has 2 atom stereocenters. The van der Waals surface area contributed by atoms with E-state index >= 15 is 0 Å². The Bertz CT molecular complexity index is 481. The molecule has 0 aromatic carbocycles. The minimum Gasteiger partial charge on any atom is -0.464 e. The zero-order valence-electron chi connectivity index (χ0n) is 11.9. The number of ether oxygens (including phenoxy) is 1. The van der Waals surface area contributed by atoms with Gasteiger partial charge >= 0.3 is 0 Å². The van der Waals surface area contributed by atoms with Crippen molar-refractivity contribution in [2.75, 3.05) is 6.54 Å². The molecule has 2 N–H and O–H groups in total. The molecule has 1 aromatic heterocycles. The number of carbonyl (C=O) groups excluding carboxylic acids is 1. The van der Waals surface area contributed by atoms with Gasteiger partial charge in [-0.05, 0) is 44.7 Å². The third-order valence-electron chi connectivity index (χ3n) is 4.04. The molecule has 1 aliphatic heterocycles. The lowest BCUT2D eigenvalue weighted by atomic mass is 10.1. The summed E-state index contributed by atoms with van der Waals surface area (Å²) in [6.45, 7) is 2.95. The zero-order chi connectivity index (χ0) is 14.1. The number of amides is 1. The number of aryl methyl sites for hydroxylation is 1. The SMILES string of the molecule is Cc1ccc(CN(C(=O)C2CCC(CN)O2)C2CC2)o1. The normalized spacial score (nSPS) is 25.9. The van der Waals surface area contributed by atoms with Crippen LogP contribution in [0.15, 0.2) is 16.5 Å². The average molecular weight is 278 g/mol. The Labute approximate surface area is 119 Å². The van der Waals surface area contributed by atoms with Crippen LogP contribution in [-0.2, 0) is 16.1 Å². The second-order valence-corrected chi connectivity index (χ2v) is 5.77. The Balaban J connectivity index is 1.66. The number of hydrogen-bond acceptors (Lipinski definition) is 4. The van der Waals surface area contributed by atoms with Gasteiger partial charge in [-0.1, -0.05) is 0 Å². The van der Waals surface area contributed by atoms with Crippen LogP contribution in [0, 0.1) is 6.92 Å². The van der Waals surface area contributed by atoms with Crippen LogP contribution in [0.1, 0.15) is 37.2 Å². The summed E-state index contributed by atoms with van der Waals surface area (Å²) in [6.07, 6.45) is 3.54. The van der Waals surface area contributed by atoms with Crippen molar-refractivity contribution in [3.63, 3.8) is 0 Å². The molecular weight excluding hydrogens is 256 g/mol. The van der Waals surface area contributed by atoms with E-state index in [1.54, 1.807) is 0 Å². The molecule has 1 aromatic rings. The van der Waals surface area contributed by atoms with Gasteiger partial charge in [-0.15, -0.1) is 0 Å². The Morgan fingerprint density at radius 2 is 2.15 bits per heavy atom. The van der Waals surface area contributed by atoms with E-state index in [4.69, 9.17) is 14.9 Å². The molecule has 110 valence electrons. The average Bonchev–Trinajstić information content (AvgIpc) is 3.02. The standard InChI is InChI=1S/C15H22N2O3/c1-10-2-5-13(19-10)9-17(11-3-4-11)15(18)14-7-6-12(8-16)20-14/h2,5,11-12,14H,3-4,6-9,16H2,1H3. The molecule has 2 unspecified atom stereocenters. The van der Waals surface area contributed by atoms with E-state index in [2.05, 4.69) is 0 Å². The molecule has 0 spiro atoms. The lowest BCUT2D eigenvalue weighted by molar-refractivity contribution is -0.144. The third-order valence-corrected chi connectivity index (χ3v) is 4.04. The molecule has 1 saturated carbocycles. The fourth-order valence-electron chi connectivity index (χ4n) is 2.76. The predicted octanol–water partition coefficient (Wildman–Crippen LogP) is 1.59. The van der Waals surface area contributed by atoms with Gasteiger partial charge in [0.2, 0.25) is 0 Å². The van der Waals surface area contributed by atoms with Crippen LogP contribution in [-0.4, -0.2) is 35.6 Å². The van der Waals surface area contributed by atoms with Crippen molar-refractivity contribution >= 4 is 5.91 Å². The Hall–Kier alpha value is -1.33. The third kappa shape index (κ3) is 2.88. The minimum absolute atomic E-state index is 0.0378. The van der Waals surface area contributed by atoms with E-state index in [0.717, 1.165) is 37.2 Å². The van der Waals surface area contributed by atoms with Gasteiger partial charge in [0, 0.05) is 12.6 Å². The number of carbonyl (C=O) groups is 1. The van der Waals surface area contributed by atoms with Gasteiger partial charge in [0.25, 0.3) is 5.91 Å². The summed E-state index contributed by atoms with van der Waals surface area (Å²) >= 11 is 0. The van der Waals surface area contributed by atoms with Gasteiger partial charge in [0.15, 0.2) is 0 Å². The van der Waals surface area contributed by atoms with Gasteiger partial charge in [0.05, 0.1) is 12.6 Å². The largest absolute Gasteiger partial charge is 0.464 e. The number of rotatable bonds is 5. The van der Waals surface area contributed by atoms with Crippen LogP contribution < -0.4 is 5.73 Å². The van der Waals surface area contributed by atoms with Gasteiger partial charge in [-0.2, -0.15) is 0 Å². The number of furan rings is 1. The van der Waals surface area contributed by atoms with Gasteiger partial charge in [-0.25, -0.2) is 0 Å². The van der Waals surface area contributed by atoms with Crippen LogP contribution in [0.2, 0.25) is 0 Å². The summed E-state index contributed by atoms with van der Waals surface area (Å²) in [5.41, 5.74) is 5.61. The van der Waals surface area contributed by atoms with E-state index in [0.29, 0.717) is 19.1 Å². The molecule has 2 fully saturated rings. The van der Waals surface area contributed by atoms with Crippen molar-refractivity contribution in [2.24, 2.45) is 5.73 Å². The summed E-state index contributed by atoms with van der Waals surface area (Å²) in [5, 5.41) is 0. The molecule has 1 saturated heterocycles. The molecule has 1 amide bonds. The van der Waals surface area contributed by atoms with Crippen LogP contribution in [0.3, 0.4) is 0 Å². The molecule has 20 heavy (non-hydrogen) atoms. The van der Waals surface area contributed by atoms with E-state index in [-0.39, 0.29) is 18.1 Å². The molecule has 1 aliphatic carbocycles. The van der Waals surface area contributed by atoms with Gasteiger partial charge < -0.3 is 19.8 Å². The van der Waals surface area contributed by atoms with Crippen molar-refractivity contribution in [3.05, 3.63) is 23.7 Å². The van der Waals surface area contributed by atoms with Crippen molar-refractivity contribution in [1.29, 1.82) is 0 Å². The fraction of sp³-hybridized carbons (Fsp3) is 0.667. The summed E-state index contributed by atoms with van der Waals surface area (Å²) < 4.78 is 11.3. The molecule has 3 rings (SSSR count). The first-order valence-corrected chi connectivity index (χ1v) is 7.38. The second-order valence-electron chi connectivity index (χ2n) is 5.77. The first-order valence-electron chi connectivity index (χ1n) is 7.38. The van der Waals surface area contributed by atoms with E-state index in [1.807, 2.05) is 24.0 Å². The topological polar surface area (TPSA) is 68.7 Å². The fourth-order valence-corrected chi connectivity index (χ4v) is 2.76. The summed E-state index contributed by atoms with van der Waals surface area (Å²) in [7, 11) is 0. The van der Waals surface area contributed by atoms with Gasteiger partial charge in [-0.3, -0.25) is 4.79 Å². The molecule has 2 aliphatic rings. The van der Waals surface area contributed by atoms with Crippen molar-refractivity contribution < 1.29 is 13.9 Å². The Morgan fingerprint density at radius 3 is 2.70 bits per heavy atom. The highest BCUT2D eigenvalue weighted by Gasteiger charge is 2.39. The number of nitrogens with zero attached hydrogens (tertiary/aromatic N) is 1. The maximum atomic E-state index is 12.6. The highest BCUT2D eigenvalue weighted by molar-refractivity contribution is 5.81. The predicted molar refractivity (Wildman–Crippen MR) is 74.0 cm³/mol. The summed E-state index contributed by atoms with van der Waals surface area (Å²) in [6, 6.07) is 4.23. The molecule has 0 bridgehead atoms. The van der Waals surface area contributed by atoms with Crippen molar-refractivity contribution in [3.8, 4) is 0 Å². The minimum atomic E-state index is -0.319. The number of nitrogens with two attached hydrogens (primary N) is 1. The summed E-state index contributed by atoms with van der Waals surface area (Å²) in [4.78, 5) is 14.5. The maximum absolute atomic E-state index is 12.6. The Morgan fingerprint density at radius 1 is 1.35 bits per heavy atom. The number of hydrogen-bond donors (Lipinski definition) is 1. The van der Waals surface area contributed by atoms with Crippen molar-refractivity contribution in [1.82, 2.24) is 4.90 Å². The highest BCUT2D eigenvalue weighted by Crippen LogP contribution is 2.31. The lowest BCUT2D eigenvalue weighted by Crippen LogP contribution is -2.40.